The van der Waals surface area contributed by atoms with Crippen molar-refractivity contribution in [2.24, 2.45) is 5.41 Å². The van der Waals surface area contributed by atoms with E-state index < -0.39 is 15.3 Å². The van der Waals surface area contributed by atoms with Gasteiger partial charge in [0, 0.05) is 34.8 Å². The van der Waals surface area contributed by atoms with Crippen LogP contribution in [-0.4, -0.2) is 43.5 Å². The molecule has 0 spiro atoms. The molecule has 37 heavy (non-hydrogen) atoms. The molecule has 0 unspecified atom stereocenters. The van der Waals surface area contributed by atoms with Gasteiger partial charge in [0.05, 0.1) is 21.2 Å². The molecule has 0 atom stereocenters. The van der Waals surface area contributed by atoms with Gasteiger partial charge < -0.3 is 15.3 Å². The Morgan fingerprint density at radius 3 is 2.19 bits per heavy atom. The average Bonchev–Trinajstić information content (AvgIpc) is 2.92. The van der Waals surface area contributed by atoms with Crippen molar-refractivity contribution in [2.75, 3.05) is 23.5 Å². The molecule has 0 aromatic heterocycles. The number of carbonyl (C=O) groups excluding carboxylic acids is 1. The van der Waals surface area contributed by atoms with Crippen molar-refractivity contribution in [2.45, 2.75) is 88.5 Å². The van der Waals surface area contributed by atoms with Gasteiger partial charge in [-0.25, -0.2) is 8.42 Å². The Balaban J connectivity index is 2.17. The molecule has 0 aliphatic carbocycles. The molecule has 0 radical (unpaired) electrons. The van der Waals surface area contributed by atoms with Crippen LogP contribution in [-0.2, 0) is 9.84 Å². The van der Waals surface area contributed by atoms with Crippen LogP contribution in [0.4, 0.5) is 11.4 Å². The molecule has 1 aliphatic rings. The molecule has 1 aliphatic heterocycles. The number of thioether (sulfide) groups is 1. The lowest BCUT2D eigenvalue weighted by Gasteiger charge is -2.37. The van der Waals surface area contributed by atoms with Crippen LogP contribution >= 0.6 is 11.8 Å². The highest BCUT2D eigenvalue weighted by atomic mass is 32.2. The Hall–Kier alpha value is -2.19. The van der Waals surface area contributed by atoms with Gasteiger partial charge in [0.15, 0.2) is 9.84 Å². The maximum atomic E-state index is 13.8. The van der Waals surface area contributed by atoms with Gasteiger partial charge in [-0.15, -0.1) is 11.8 Å². The van der Waals surface area contributed by atoms with Crippen LogP contribution in [0.2, 0.25) is 0 Å². The molecule has 1 heterocycles. The highest BCUT2D eigenvalue weighted by Gasteiger charge is 2.42. The van der Waals surface area contributed by atoms with Gasteiger partial charge >= 0.3 is 0 Å². The van der Waals surface area contributed by atoms with Gasteiger partial charge in [0.1, 0.15) is 5.75 Å². The smallest absolute Gasteiger partial charge is 0.251 e. The number of amides is 1. The summed E-state index contributed by atoms with van der Waals surface area (Å²) in [5, 5.41) is 13.6. The molecule has 6 nitrogen and oxygen atoms in total. The Morgan fingerprint density at radius 2 is 1.68 bits per heavy atom. The first-order chi connectivity index (χ1) is 17.3. The third-order valence-electron chi connectivity index (χ3n) is 6.93. The number of benzene rings is 2. The minimum atomic E-state index is -3.65. The van der Waals surface area contributed by atoms with Gasteiger partial charge in [-0.2, -0.15) is 0 Å². The van der Waals surface area contributed by atoms with Crippen molar-refractivity contribution in [3.8, 4) is 5.75 Å². The van der Waals surface area contributed by atoms with Crippen LogP contribution in [0.3, 0.4) is 0 Å². The Labute approximate surface area is 227 Å². The van der Waals surface area contributed by atoms with E-state index in [4.69, 9.17) is 0 Å². The molecule has 2 N–H and O–H groups in total. The van der Waals surface area contributed by atoms with E-state index >= 15 is 0 Å². The number of hydrogen-bond acceptors (Lipinski definition) is 6. The first kappa shape index (κ1) is 29.4. The minimum Gasteiger partial charge on any atom is -0.507 e. The van der Waals surface area contributed by atoms with Crippen LogP contribution in [0.1, 0.15) is 83.5 Å². The van der Waals surface area contributed by atoms with Crippen LogP contribution < -0.4 is 10.2 Å². The summed E-state index contributed by atoms with van der Waals surface area (Å²) >= 11 is 1.39. The SMILES string of the molecule is CCCCC1(CCCC)CN(c2ccc(C(=O)NC(C)(C)C)cc2)c2cc(SC)c(O)cc2S(=O)(=O)C1. The van der Waals surface area contributed by atoms with Gasteiger partial charge in [0.2, 0.25) is 0 Å². The Bertz CT molecular complexity index is 1190. The zero-order valence-corrected chi connectivity index (χ0v) is 24.7. The fourth-order valence-corrected chi connectivity index (χ4v) is 7.69. The van der Waals surface area contributed by atoms with Crippen LogP contribution in [0.15, 0.2) is 46.2 Å². The maximum absolute atomic E-state index is 13.8. The molecule has 0 fully saturated rings. The Kier molecular flexibility index (Phi) is 9.27. The minimum absolute atomic E-state index is 0.0152. The van der Waals surface area contributed by atoms with E-state index in [0.717, 1.165) is 44.2 Å². The van der Waals surface area contributed by atoms with Crippen LogP contribution in [0.25, 0.3) is 0 Å². The number of sulfone groups is 1. The average molecular weight is 547 g/mol. The first-order valence-electron chi connectivity index (χ1n) is 13.2. The number of phenols is 1. The summed E-state index contributed by atoms with van der Waals surface area (Å²) in [7, 11) is -3.65. The lowest BCUT2D eigenvalue weighted by Crippen LogP contribution is -2.40. The topological polar surface area (TPSA) is 86.7 Å². The molecular weight excluding hydrogens is 504 g/mol. The van der Waals surface area contributed by atoms with Crippen molar-refractivity contribution >= 4 is 38.9 Å². The summed E-state index contributed by atoms with van der Waals surface area (Å²) in [5.41, 5.74) is 1.22. The van der Waals surface area contributed by atoms with Crippen molar-refractivity contribution in [3.05, 3.63) is 42.0 Å². The third-order valence-corrected chi connectivity index (χ3v) is 9.68. The summed E-state index contributed by atoms with van der Waals surface area (Å²) in [6, 6.07) is 10.6. The zero-order chi connectivity index (χ0) is 27.4. The maximum Gasteiger partial charge on any atom is 0.251 e. The first-order valence-corrected chi connectivity index (χ1v) is 16.1. The van der Waals surface area contributed by atoms with Gasteiger partial charge in [-0.1, -0.05) is 39.5 Å². The zero-order valence-electron chi connectivity index (χ0n) is 23.1. The predicted molar refractivity (Wildman–Crippen MR) is 154 cm³/mol. The van der Waals surface area contributed by atoms with E-state index in [1.54, 1.807) is 18.2 Å². The second kappa shape index (κ2) is 11.7. The molecule has 2 aromatic carbocycles. The van der Waals surface area contributed by atoms with Crippen molar-refractivity contribution in [1.82, 2.24) is 5.32 Å². The normalized spacial score (nSPS) is 16.6. The molecule has 2 aromatic rings. The van der Waals surface area contributed by atoms with Crippen LogP contribution in [0.5, 0.6) is 5.75 Å². The molecule has 0 saturated carbocycles. The highest BCUT2D eigenvalue weighted by Crippen LogP contribution is 2.47. The van der Waals surface area contributed by atoms with Crippen molar-refractivity contribution in [1.29, 1.82) is 0 Å². The molecule has 1 amide bonds. The summed E-state index contributed by atoms with van der Waals surface area (Å²) < 4.78 is 27.7. The van der Waals surface area contributed by atoms with E-state index in [1.165, 1.54) is 17.8 Å². The number of phenolic OH excluding ortho intramolecular Hbond substituents is 1. The summed E-state index contributed by atoms with van der Waals surface area (Å²) in [6.45, 7) is 10.7. The molecule has 204 valence electrons. The van der Waals surface area contributed by atoms with Gasteiger partial charge in [-0.05, 0) is 70.2 Å². The molecule has 0 saturated heterocycles. The predicted octanol–water partition coefficient (Wildman–Crippen LogP) is 6.93. The number of rotatable bonds is 9. The van der Waals surface area contributed by atoms with Crippen molar-refractivity contribution in [3.63, 3.8) is 0 Å². The Morgan fingerprint density at radius 1 is 1.08 bits per heavy atom. The van der Waals surface area contributed by atoms with E-state index in [0.29, 0.717) is 22.7 Å². The lowest BCUT2D eigenvalue weighted by atomic mass is 9.79. The molecule has 0 bridgehead atoms. The fourth-order valence-electron chi connectivity index (χ4n) is 5.08. The highest BCUT2D eigenvalue weighted by molar-refractivity contribution is 7.98. The lowest BCUT2D eigenvalue weighted by molar-refractivity contribution is 0.0919. The third kappa shape index (κ3) is 7.02. The van der Waals surface area contributed by atoms with Gasteiger partial charge in [0.25, 0.3) is 5.91 Å². The molecular formula is C29H42N2O4S2. The van der Waals surface area contributed by atoms with E-state index in [-0.39, 0.29) is 27.8 Å². The fraction of sp³-hybridized carbons (Fsp3) is 0.552. The monoisotopic (exact) mass is 546 g/mol. The number of aromatic hydroxyl groups is 1. The number of hydrogen-bond donors (Lipinski definition) is 2. The molecule has 8 heteroatoms. The number of carbonyl (C=O) groups is 1. The number of anilines is 2. The number of nitrogens with zero attached hydrogens (tertiary/aromatic N) is 1. The second-order valence-electron chi connectivity index (χ2n) is 11.3. The summed E-state index contributed by atoms with van der Waals surface area (Å²) in [6.07, 6.45) is 7.41. The standard InChI is InChI=1S/C29H42N2O4S2/c1-7-9-15-29(16-10-8-2)19-31(22-13-11-21(12-14-22)27(33)30-28(3,4)5)23-17-25(36-6)24(32)18-26(23)37(34,35)20-29/h11-14,17-18,32H,7-10,15-16,19-20H2,1-6H3,(H,30,33). The van der Waals surface area contributed by atoms with Crippen molar-refractivity contribution < 1.29 is 18.3 Å². The summed E-state index contributed by atoms with van der Waals surface area (Å²) in [5.74, 6) is -0.0977. The number of fused-ring (bicyclic) bond motifs is 1. The van der Waals surface area contributed by atoms with E-state index in [2.05, 4.69) is 24.1 Å². The second-order valence-corrected chi connectivity index (χ2v) is 14.1. The largest absolute Gasteiger partial charge is 0.507 e. The number of nitrogens with one attached hydrogen (secondary N) is 1. The number of unbranched alkanes of at least 4 members (excludes halogenated alkanes) is 2. The summed E-state index contributed by atoms with van der Waals surface area (Å²) in [4.78, 5) is 15.6. The van der Waals surface area contributed by atoms with Crippen LogP contribution in [0, 0.1) is 5.41 Å². The van der Waals surface area contributed by atoms with E-state index in [9.17, 15) is 18.3 Å². The van der Waals surface area contributed by atoms with E-state index in [1.807, 2.05) is 39.2 Å². The molecule has 3 rings (SSSR count). The van der Waals surface area contributed by atoms with Gasteiger partial charge in [-0.3, -0.25) is 4.79 Å². The quantitative estimate of drug-likeness (QED) is 0.332.